The number of carbonyl (C=O) groups is 2. The number of thioether (sulfide) groups is 1. The van der Waals surface area contributed by atoms with Crippen LogP contribution < -0.4 is 15.4 Å². The van der Waals surface area contributed by atoms with Gasteiger partial charge in [0.1, 0.15) is 17.2 Å². The predicted molar refractivity (Wildman–Crippen MR) is 94.0 cm³/mol. The molecule has 1 aliphatic heterocycles. The van der Waals surface area contributed by atoms with Gasteiger partial charge in [0.25, 0.3) is 5.91 Å². The number of nitrogens with one attached hydrogen (secondary N) is 2. The van der Waals surface area contributed by atoms with Crippen molar-refractivity contribution < 1.29 is 19.4 Å². The molecule has 130 valence electrons. The highest BCUT2D eigenvalue weighted by atomic mass is 32.2. The van der Waals surface area contributed by atoms with Crippen LogP contribution in [0.4, 0.5) is 0 Å². The van der Waals surface area contributed by atoms with Crippen LogP contribution in [-0.2, 0) is 16.2 Å². The van der Waals surface area contributed by atoms with E-state index in [4.69, 9.17) is 4.74 Å². The van der Waals surface area contributed by atoms with E-state index < -0.39 is 6.04 Å². The van der Waals surface area contributed by atoms with Crippen molar-refractivity contribution in [3.63, 3.8) is 0 Å². The van der Waals surface area contributed by atoms with Crippen molar-refractivity contribution in [3.05, 3.63) is 60.2 Å². The molecule has 2 atom stereocenters. The van der Waals surface area contributed by atoms with Crippen molar-refractivity contribution >= 4 is 23.6 Å². The fourth-order valence-electron chi connectivity index (χ4n) is 2.36. The second kappa shape index (κ2) is 8.04. The van der Waals surface area contributed by atoms with Gasteiger partial charge in [0, 0.05) is 4.90 Å². The monoisotopic (exact) mass is 358 g/mol. The lowest BCUT2D eigenvalue weighted by Gasteiger charge is -2.36. The molecule has 3 N–H and O–H groups in total. The molecule has 0 spiro atoms. The number of carbonyl (C=O) groups excluding carboxylic acids is 2. The quantitative estimate of drug-likeness (QED) is 0.649. The maximum atomic E-state index is 12.0. The van der Waals surface area contributed by atoms with E-state index in [2.05, 4.69) is 10.6 Å². The summed E-state index contributed by atoms with van der Waals surface area (Å²) in [5.41, 5.74) is 0.783. The number of hydrogen-bond acceptors (Lipinski definition) is 5. The van der Waals surface area contributed by atoms with Crippen LogP contribution in [0.25, 0.3) is 0 Å². The van der Waals surface area contributed by atoms with Crippen LogP contribution >= 0.6 is 11.8 Å². The van der Waals surface area contributed by atoms with Gasteiger partial charge in [0.15, 0.2) is 6.61 Å². The highest BCUT2D eigenvalue weighted by Gasteiger charge is 2.41. The van der Waals surface area contributed by atoms with Crippen molar-refractivity contribution in [1.82, 2.24) is 10.6 Å². The number of aliphatic hydroxyl groups excluding tert-OH is 1. The van der Waals surface area contributed by atoms with Gasteiger partial charge in [-0.3, -0.25) is 9.59 Å². The van der Waals surface area contributed by atoms with E-state index in [1.54, 1.807) is 12.1 Å². The zero-order valence-corrected chi connectivity index (χ0v) is 14.2. The minimum Gasteiger partial charge on any atom is -0.484 e. The van der Waals surface area contributed by atoms with Crippen molar-refractivity contribution in [2.24, 2.45) is 0 Å². The predicted octanol–water partition coefficient (Wildman–Crippen LogP) is 1.29. The zero-order valence-electron chi connectivity index (χ0n) is 13.3. The number of β-lactam (4-membered cyclic amide) rings is 1. The number of amides is 2. The van der Waals surface area contributed by atoms with Crippen LogP contribution in [0.5, 0.6) is 5.75 Å². The Kier molecular flexibility index (Phi) is 5.57. The fraction of sp³-hybridized carbons (Fsp3) is 0.222. The van der Waals surface area contributed by atoms with E-state index in [0.29, 0.717) is 5.75 Å². The minimum atomic E-state index is -0.622. The molecule has 0 aliphatic carbocycles. The number of benzene rings is 2. The number of hydrogen-bond donors (Lipinski definition) is 3. The number of para-hydroxylation sites is 1. The Bertz CT molecular complexity index is 754. The van der Waals surface area contributed by atoms with E-state index >= 15 is 0 Å². The Morgan fingerprint density at radius 2 is 1.88 bits per heavy atom. The molecule has 2 aromatic carbocycles. The van der Waals surface area contributed by atoms with Crippen LogP contribution in [0.3, 0.4) is 0 Å². The molecule has 25 heavy (non-hydrogen) atoms. The normalized spacial score (nSPS) is 18.8. The molecule has 2 aromatic rings. The third kappa shape index (κ3) is 4.32. The number of ether oxygens (including phenoxy) is 1. The second-order valence-electron chi connectivity index (χ2n) is 5.46. The van der Waals surface area contributed by atoms with Crippen LogP contribution in [-0.4, -0.2) is 34.9 Å². The average molecular weight is 358 g/mol. The molecule has 1 fully saturated rings. The molecule has 1 aliphatic rings. The summed E-state index contributed by atoms with van der Waals surface area (Å²) >= 11 is 1.40. The molecule has 0 aromatic heterocycles. The molecule has 0 radical (unpaired) electrons. The first-order valence-electron chi connectivity index (χ1n) is 7.80. The largest absolute Gasteiger partial charge is 0.484 e. The highest BCUT2D eigenvalue weighted by molar-refractivity contribution is 8.00. The van der Waals surface area contributed by atoms with E-state index in [1.807, 2.05) is 42.5 Å². The van der Waals surface area contributed by atoms with E-state index in [9.17, 15) is 14.7 Å². The van der Waals surface area contributed by atoms with Crippen LogP contribution in [0, 0.1) is 0 Å². The molecule has 2 unspecified atom stereocenters. The van der Waals surface area contributed by atoms with Crippen LogP contribution in [0.2, 0.25) is 0 Å². The van der Waals surface area contributed by atoms with Gasteiger partial charge in [0.2, 0.25) is 5.91 Å². The third-order valence-corrected chi connectivity index (χ3v) is 4.99. The summed E-state index contributed by atoms with van der Waals surface area (Å²) in [4.78, 5) is 24.7. The highest BCUT2D eigenvalue weighted by Crippen LogP contribution is 2.30. The topological polar surface area (TPSA) is 87.7 Å². The lowest BCUT2D eigenvalue weighted by molar-refractivity contribution is -0.134. The molecular weight excluding hydrogens is 340 g/mol. The van der Waals surface area contributed by atoms with Crippen LogP contribution in [0.1, 0.15) is 5.56 Å². The Hall–Kier alpha value is -2.51. The third-order valence-electron chi connectivity index (χ3n) is 3.70. The Balaban J connectivity index is 1.54. The Labute approximate surface area is 149 Å². The fourth-order valence-corrected chi connectivity index (χ4v) is 3.58. The zero-order chi connectivity index (χ0) is 17.6. The van der Waals surface area contributed by atoms with Crippen molar-refractivity contribution in [3.8, 4) is 5.75 Å². The number of rotatable bonds is 7. The first-order chi connectivity index (χ1) is 12.2. The van der Waals surface area contributed by atoms with Gasteiger partial charge in [-0.2, -0.15) is 0 Å². The maximum Gasteiger partial charge on any atom is 0.258 e. The summed E-state index contributed by atoms with van der Waals surface area (Å²) in [7, 11) is 0. The summed E-state index contributed by atoms with van der Waals surface area (Å²) in [6.45, 7) is -0.232. The second-order valence-corrected chi connectivity index (χ2v) is 6.64. The van der Waals surface area contributed by atoms with Crippen molar-refractivity contribution in [2.75, 3.05) is 6.61 Å². The van der Waals surface area contributed by atoms with Gasteiger partial charge >= 0.3 is 0 Å². The molecule has 2 amide bonds. The maximum absolute atomic E-state index is 12.0. The van der Waals surface area contributed by atoms with Crippen LogP contribution in [0.15, 0.2) is 59.5 Å². The minimum absolute atomic E-state index is 0.0776. The molecule has 7 heteroatoms. The lowest BCUT2D eigenvalue weighted by atomic mass is 10.1. The molecule has 3 rings (SSSR count). The average Bonchev–Trinajstić information content (AvgIpc) is 2.65. The standard InChI is InChI=1S/C18H18N2O4S/c21-10-12-6-4-5-9-14(12)25-18-16(17(23)20-18)19-15(22)11-24-13-7-2-1-3-8-13/h1-9,16,18,21H,10-11H2,(H,19,22)(H,20,23). The first kappa shape index (κ1) is 17.3. The van der Waals surface area contributed by atoms with Gasteiger partial charge in [-0.15, -0.1) is 0 Å². The summed E-state index contributed by atoms with van der Waals surface area (Å²) in [6, 6.07) is 15.8. The first-order valence-corrected chi connectivity index (χ1v) is 8.68. The van der Waals surface area contributed by atoms with Gasteiger partial charge in [-0.25, -0.2) is 0 Å². The van der Waals surface area contributed by atoms with Gasteiger partial charge in [-0.1, -0.05) is 48.2 Å². The molecule has 6 nitrogen and oxygen atoms in total. The molecule has 1 saturated heterocycles. The van der Waals surface area contributed by atoms with Gasteiger partial charge in [-0.05, 0) is 23.8 Å². The van der Waals surface area contributed by atoms with E-state index in [1.165, 1.54) is 11.8 Å². The SMILES string of the molecule is O=C(COc1ccccc1)NC1C(=O)NC1Sc1ccccc1CO. The smallest absolute Gasteiger partial charge is 0.258 e. The molecule has 1 heterocycles. The molecular formula is C18H18N2O4S. The summed E-state index contributed by atoms with van der Waals surface area (Å²) in [6.07, 6.45) is 0. The summed E-state index contributed by atoms with van der Waals surface area (Å²) in [5.74, 6) is 0.00953. The Morgan fingerprint density at radius 1 is 1.16 bits per heavy atom. The molecule has 0 bridgehead atoms. The van der Waals surface area contributed by atoms with Gasteiger partial charge in [0.05, 0.1) is 6.61 Å². The van der Waals surface area contributed by atoms with E-state index in [0.717, 1.165) is 10.5 Å². The summed E-state index contributed by atoms with van der Waals surface area (Å²) in [5, 5.41) is 14.5. The van der Waals surface area contributed by atoms with Gasteiger partial charge < -0.3 is 20.5 Å². The lowest BCUT2D eigenvalue weighted by Crippen LogP contribution is -2.68. The van der Waals surface area contributed by atoms with Crippen molar-refractivity contribution in [2.45, 2.75) is 22.9 Å². The Morgan fingerprint density at radius 3 is 2.60 bits per heavy atom. The molecule has 0 saturated carbocycles. The van der Waals surface area contributed by atoms with Crippen molar-refractivity contribution in [1.29, 1.82) is 0 Å². The summed E-state index contributed by atoms with van der Waals surface area (Å²) < 4.78 is 5.38. The number of aliphatic hydroxyl groups is 1. The van der Waals surface area contributed by atoms with E-state index in [-0.39, 0.29) is 30.4 Å².